The Morgan fingerprint density at radius 3 is 2.26 bits per heavy atom. The number of hydrogen-bond acceptors (Lipinski definition) is 5. The van der Waals surface area contributed by atoms with E-state index >= 15 is 0 Å². The van der Waals surface area contributed by atoms with Gasteiger partial charge in [0.15, 0.2) is 11.5 Å². The lowest BCUT2D eigenvalue weighted by molar-refractivity contribution is 0.0937. The van der Waals surface area contributed by atoms with Gasteiger partial charge < -0.3 is 24.1 Å². The van der Waals surface area contributed by atoms with Gasteiger partial charge in [0.25, 0.3) is 5.91 Å². The molecule has 1 heterocycles. The second-order valence-electron chi connectivity index (χ2n) is 6.13. The number of carbonyl (C=O) groups excluding carboxylic acids is 1. The molecule has 0 saturated carbocycles. The quantitative estimate of drug-likeness (QED) is 0.723. The van der Waals surface area contributed by atoms with Gasteiger partial charge in [-0.1, -0.05) is 12.1 Å². The number of fused-ring (bicyclic) bond motifs is 1. The van der Waals surface area contributed by atoms with Gasteiger partial charge in [0.05, 0.1) is 38.4 Å². The van der Waals surface area contributed by atoms with E-state index < -0.39 is 0 Å². The molecular weight excluding hydrogens is 346 g/mol. The molecule has 3 aromatic rings. The summed E-state index contributed by atoms with van der Waals surface area (Å²) < 4.78 is 17.9. The van der Waals surface area contributed by atoms with Crippen molar-refractivity contribution in [1.82, 2.24) is 14.9 Å². The van der Waals surface area contributed by atoms with Crippen LogP contribution in [-0.2, 0) is 7.05 Å². The topological polar surface area (TPSA) is 74.6 Å². The van der Waals surface area contributed by atoms with Crippen molar-refractivity contribution >= 4 is 16.9 Å². The standard InChI is InChI=1S/C20H23N3O4/c1-12(19-22-14-8-6-7-9-15(14)23(19)2)21-20(24)13-10-16(25-3)18(27-5)17(11-13)26-4/h6-12H,1-5H3,(H,21,24). The van der Waals surface area contributed by atoms with Crippen molar-refractivity contribution in [2.45, 2.75) is 13.0 Å². The molecule has 1 atom stereocenters. The van der Waals surface area contributed by atoms with Gasteiger partial charge in [-0.05, 0) is 31.2 Å². The van der Waals surface area contributed by atoms with E-state index in [0.717, 1.165) is 16.9 Å². The lowest BCUT2D eigenvalue weighted by Crippen LogP contribution is -2.28. The average Bonchev–Trinajstić information content (AvgIpc) is 3.03. The summed E-state index contributed by atoms with van der Waals surface area (Å²) in [6, 6.07) is 10.8. The highest BCUT2D eigenvalue weighted by Gasteiger charge is 2.20. The first-order chi connectivity index (χ1) is 13.0. The van der Waals surface area contributed by atoms with Crippen LogP contribution in [0.25, 0.3) is 11.0 Å². The number of amides is 1. The highest BCUT2D eigenvalue weighted by atomic mass is 16.5. The third-order valence-corrected chi connectivity index (χ3v) is 4.48. The monoisotopic (exact) mass is 369 g/mol. The number of nitrogens with zero attached hydrogens (tertiary/aromatic N) is 2. The van der Waals surface area contributed by atoms with E-state index in [1.807, 2.05) is 42.8 Å². The van der Waals surface area contributed by atoms with E-state index in [4.69, 9.17) is 14.2 Å². The Labute approximate surface area is 157 Å². The highest BCUT2D eigenvalue weighted by molar-refractivity contribution is 5.96. The Hall–Kier alpha value is -3.22. The summed E-state index contributed by atoms with van der Waals surface area (Å²) in [5, 5.41) is 2.98. The Morgan fingerprint density at radius 1 is 1.07 bits per heavy atom. The van der Waals surface area contributed by atoms with Crippen LogP contribution in [0, 0.1) is 0 Å². The molecule has 1 amide bonds. The minimum atomic E-state index is -0.283. The van der Waals surface area contributed by atoms with Crippen LogP contribution in [0.15, 0.2) is 36.4 Å². The molecule has 7 heteroatoms. The van der Waals surface area contributed by atoms with Crippen molar-refractivity contribution in [3.05, 3.63) is 47.8 Å². The summed E-state index contributed by atoms with van der Waals surface area (Å²) in [4.78, 5) is 17.4. The van der Waals surface area contributed by atoms with Gasteiger partial charge in [0.2, 0.25) is 5.75 Å². The first-order valence-electron chi connectivity index (χ1n) is 8.52. The fourth-order valence-electron chi connectivity index (χ4n) is 3.11. The van der Waals surface area contributed by atoms with Crippen molar-refractivity contribution in [2.24, 2.45) is 7.05 Å². The molecule has 27 heavy (non-hydrogen) atoms. The predicted octanol–water partition coefficient (Wildman–Crippen LogP) is 3.09. The molecule has 0 aliphatic rings. The summed E-state index contributed by atoms with van der Waals surface area (Å²) in [5.41, 5.74) is 2.32. The normalized spacial score (nSPS) is 11.9. The zero-order valence-electron chi connectivity index (χ0n) is 16.1. The number of carbonyl (C=O) groups is 1. The van der Waals surface area contributed by atoms with Crippen LogP contribution >= 0.6 is 0 Å². The SMILES string of the molecule is COc1cc(C(=O)NC(C)c2nc3ccccc3n2C)cc(OC)c1OC. The lowest BCUT2D eigenvalue weighted by Gasteiger charge is -2.16. The van der Waals surface area contributed by atoms with Crippen LogP contribution in [-0.4, -0.2) is 36.8 Å². The van der Waals surface area contributed by atoms with Crippen molar-refractivity contribution in [3.63, 3.8) is 0 Å². The zero-order chi connectivity index (χ0) is 19.6. The molecule has 0 saturated heterocycles. The van der Waals surface area contributed by atoms with Crippen LogP contribution in [0.4, 0.5) is 0 Å². The first-order valence-corrected chi connectivity index (χ1v) is 8.52. The molecule has 0 spiro atoms. The van der Waals surface area contributed by atoms with E-state index in [-0.39, 0.29) is 11.9 Å². The van der Waals surface area contributed by atoms with Crippen molar-refractivity contribution in [1.29, 1.82) is 0 Å². The fourth-order valence-corrected chi connectivity index (χ4v) is 3.11. The molecule has 0 bridgehead atoms. The molecule has 2 aromatic carbocycles. The third-order valence-electron chi connectivity index (χ3n) is 4.48. The van der Waals surface area contributed by atoms with Crippen LogP contribution in [0.1, 0.15) is 29.1 Å². The van der Waals surface area contributed by atoms with Crippen LogP contribution < -0.4 is 19.5 Å². The van der Waals surface area contributed by atoms with Crippen molar-refractivity contribution in [3.8, 4) is 17.2 Å². The lowest BCUT2D eigenvalue weighted by atomic mass is 10.1. The Balaban J connectivity index is 1.89. The average molecular weight is 369 g/mol. The molecule has 0 fully saturated rings. The second kappa shape index (κ2) is 7.57. The fraction of sp³-hybridized carbons (Fsp3) is 0.300. The van der Waals surface area contributed by atoms with E-state index in [2.05, 4.69) is 10.3 Å². The summed E-state index contributed by atoms with van der Waals surface area (Å²) in [5.74, 6) is 1.82. The van der Waals surface area contributed by atoms with Gasteiger partial charge in [-0.25, -0.2) is 4.98 Å². The third kappa shape index (κ3) is 3.40. The molecule has 0 aliphatic carbocycles. The van der Waals surface area contributed by atoms with Gasteiger partial charge in [-0.15, -0.1) is 0 Å². The highest BCUT2D eigenvalue weighted by Crippen LogP contribution is 2.38. The second-order valence-corrected chi connectivity index (χ2v) is 6.13. The van der Waals surface area contributed by atoms with Crippen molar-refractivity contribution in [2.75, 3.05) is 21.3 Å². The number of para-hydroxylation sites is 2. The summed E-state index contributed by atoms with van der Waals surface area (Å²) in [7, 11) is 6.49. The zero-order valence-corrected chi connectivity index (χ0v) is 16.1. The van der Waals surface area contributed by atoms with E-state index in [9.17, 15) is 4.79 Å². The van der Waals surface area contributed by atoms with Gasteiger partial charge in [0, 0.05) is 12.6 Å². The summed E-state index contributed by atoms with van der Waals surface area (Å²) in [6.07, 6.45) is 0. The molecular formula is C20H23N3O4. The smallest absolute Gasteiger partial charge is 0.252 e. The molecule has 0 aliphatic heterocycles. The minimum absolute atomic E-state index is 0.256. The van der Waals surface area contributed by atoms with Gasteiger partial charge in [0.1, 0.15) is 5.82 Å². The number of aryl methyl sites for hydroxylation is 1. The maximum atomic E-state index is 12.8. The number of methoxy groups -OCH3 is 3. The Morgan fingerprint density at radius 2 is 1.70 bits per heavy atom. The molecule has 0 radical (unpaired) electrons. The van der Waals surface area contributed by atoms with Crippen LogP contribution in [0.3, 0.4) is 0 Å². The van der Waals surface area contributed by atoms with E-state index in [1.165, 1.54) is 21.3 Å². The van der Waals surface area contributed by atoms with Crippen LogP contribution in [0.2, 0.25) is 0 Å². The van der Waals surface area contributed by atoms with Gasteiger partial charge >= 0.3 is 0 Å². The first kappa shape index (κ1) is 18.6. The van der Waals surface area contributed by atoms with E-state index in [0.29, 0.717) is 22.8 Å². The molecule has 3 rings (SSSR count). The number of nitrogens with one attached hydrogen (secondary N) is 1. The Bertz CT molecular complexity index is 956. The summed E-state index contributed by atoms with van der Waals surface area (Å²) >= 11 is 0. The number of imidazole rings is 1. The van der Waals surface area contributed by atoms with Crippen LogP contribution in [0.5, 0.6) is 17.2 Å². The largest absolute Gasteiger partial charge is 0.493 e. The van der Waals surface area contributed by atoms with Gasteiger partial charge in [-0.3, -0.25) is 4.79 Å². The number of rotatable bonds is 6. The van der Waals surface area contributed by atoms with Crippen molar-refractivity contribution < 1.29 is 19.0 Å². The number of benzene rings is 2. The molecule has 142 valence electrons. The number of ether oxygens (including phenoxy) is 3. The molecule has 1 N–H and O–H groups in total. The maximum Gasteiger partial charge on any atom is 0.252 e. The maximum absolute atomic E-state index is 12.8. The van der Waals surface area contributed by atoms with E-state index in [1.54, 1.807) is 12.1 Å². The predicted molar refractivity (Wildman–Crippen MR) is 103 cm³/mol. The number of hydrogen-bond donors (Lipinski definition) is 1. The summed E-state index contributed by atoms with van der Waals surface area (Å²) in [6.45, 7) is 1.90. The minimum Gasteiger partial charge on any atom is -0.493 e. The molecule has 7 nitrogen and oxygen atoms in total. The molecule has 1 aromatic heterocycles. The molecule has 1 unspecified atom stereocenters. The Kier molecular flexibility index (Phi) is 5.21. The van der Waals surface area contributed by atoms with Gasteiger partial charge in [-0.2, -0.15) is 0 Å². The number of aromatic nitrogens is 2.